The van der Waals surface area contributed by atoms with Crippen LogP contribution < -0.4 is 0 Å². The van der Waals surface area contributed by atoms with Gasteiger partial charge in [0.2, 0.25) is 0 Å². The van der Waals surface area contributed by atoms with E-state index in [0.29, 0.717) is 19.6 Å². The third kappa shape index (κ3) is 3.68. The highest BCUT2D eigenvalue weighted by atomic mass is 16.6. The van der Waals surface area contributed by atoms with E-state index in [0.717, 1.165) is 5.56 Å². The predicted molar refractivity (Wildman–Crippen MR) is 82.5 cm³/mol. The minimum absolute atomic E-state index is 0.0590. The Morgan fingerprint density at radius 3 is 2.87 bits per heavy atom. The van der Waals surface area contributed by atoms with E-state index in [1.165, 1.54) is 6.08 Å². The Morgan fingerprint density at radius 2 is 2.13 bits per heavy atom. The number of esters is 1. The summed E-state index contributed by atoms with van der Waals surface area (Å²) in [7, 11) is 0. The molecule has 1 aromatic rings. The molecule has 1 aliphatic heterocycles. The van der Waals surface area contributed by atoms with E-state index in [9.17, 15) is 9.59 Å². The van der Waals surface area contributed by atoms with Crippen LogP contribution in [0.4, 0.5) is 0 Å². The topological polar surface area (TPSA) is 65.1 Å². The van der Waals surface area contributed by atoms with Crippen molar-refractivity contribution in [3.63, 3.8) is 0 Å². The highest BCUT2D eigenvalue weighted by molar-refractivity contribution is 6.03. The molecule has 0 bridgehead atoms. The lowest BCUT2D eigenvalue weighted by molar-refractivity contribution is -0.155. The molecular weight excluding hydrogens is 296 g/mol. The van der Waals surface area contributed by atoms with Crippen LogP contribution in [0.2, 0.25) is 0 Å². The van der Waals surface area contributed by atoms with Crippen molar-refractivity contribution in [2.75, 3.05) is 13.2 Å². The van der Waals surface area contributed by atoms with Crippen LogP contribution in [0.25, 0.3) is 0 Å². The van der Waals surface area contributed by atoms with Gasteiger partial charge < -0.3 is 14.2 Å². The molecule has 0 spiro atoms. The van der Waals surface area contributed by atoms with Crippen LogP contribution in [0.15, 0.2) is 43.0 Å². The first-order chi connectivity index (χ1) is 11.2. The average molecular weight is 316 g/mol. The van der Waals surface area contributed by atoms with Crippen LogP contribution in [0.5, 0.6) is 0 Å². The summed E-state index contributed by atoms with van der Waals surface area (Å²) >= 11 is 0. The van der Waals surface area contributed by atoms with Crippen molar-refractivity contribution in [1.82, 2.24) is 0 Å². The third-order valence-electron chi connectivity index (χ3n) is 4.22. The fourth-order valence-electron chi connectivity index (χ4n) is 3.02. The van der Waals surface area contributed by atoms with E-state index < -0.39 is 18.0 Å². The zero-order valence-corrected chi connectivity index (χ0v) is 12.9. The van der Waals surface area contributed by atoms with Gasteiger partial charge in [0.05, 0.1) is 19.3 Å². The second-order valence-electron chi connectivity index (χ2n) is 5.89. The van der Waals surface area contributed by atoms with Gasteiger partial charge in [0, 0.05) is 5.92 Å². The molecule has 1 saturated heterocycles. The van der Waals surface area contributed by atoms with E-state index in [1.54, 1.807) is 0 Å². The van der Waals surface area contributed by atoms with Crippen LogP contribution >= 0.6 is 0 Å². The molecular formula is C18H20O5. The molecule has 1 aromatic carbocycles. The summed E-state index contributed by atoms with van der Waals surface area (Å²) in [5.41, 5.74) is 1.06. The monoisotopic (exact) mass is 316 g/mol. The number of fused-ring (bicyclic) bond motifs is 1. The molecule has 1 heterocycles. The second kappa shape index (κ2) is 7.06. The summed E-state index contributed by atoms with van der Waals surface area (Å²) in [4.78, 5) is 24.5. The van der Waals surface area contributed by atoms with Gasteiger partial charge in [-0.2, -0.15) is 0 Å². The molecule has 2 aliphatic rings. The maximum atomic E-state index is 12.3. The standard InChI is InChI=1S/C18H20O5/c1-2-8-22-18(20)15-13(9-14-17(23-14)16(15)19)11-21-10-12-6-4-3-5-7-12/h2-7,13-15,17H,1,8-11H2/t13-,14+,15?,17+/m0/s1. The number of carbonyl (C=O) groups is 2. The Hall–Kier alpha value is -1.98. The lowest BCUT2D eigenvalue weighted by Crippen LogP contribution is -2.42. The van der Waals surface area contributed by atoms with Crippen molar-refractivity contribution in [3.05, 3.63) is 48.6 Å². The molecule has 0 radical (unpaired) electrons. The summed E-state index contributed by atoms with van der Waals surface area (Å²) in [6.45, 7) is 4.40. The zero-order valence-electron chi connectivity index (χ0n) is 12.9. The first-order valence-corrected chi connectivity index (χ1v) is 7.79. The fourth-order valence-corrected chi connectivity index (χ4v) is 3.02. The molecule has 0 aromatic heterocycles. The van der Waals surface area contributed by atoms with Gasteiger partial charge in [0.1, 0.15) is 18.6 Å². The van der Waals surface area contributed by atoms with Gasteiger partial charge in [-0.3, -0.25) is 9.59 Å². The highest BCUT2D eigenvalue weighted by Crippen LogP contribution is 2.41. The molecule has 3 rings (SSSR count). The summed E-state index contributed by atoms with van der Waals surface area (Å²) < 4.78 is 16.1. The maximum absolute atomic E-state index is 12.3. The SMILES string of the molecule is C=CCOC(=O)C1C(=O)[C@@H]2O[C@@H]2C[C@H]1COCc1ccccc1. The largest absolute Gasteiger partial charge is 0.461 e. The first kappa shape index (κ1) is 15.9. The smallest absolute Gasteiger partial charge is 0.317 e. The number of hydrogen-bond donors (Lipinski definition) is 0. The molecule has 1 unspecified atom stereocenters. The van der Waals surface area contributed by atoms with Crippen molar-refractivity contribution in [2.45, 2.75) is 25.2 Å². The molecule has 122 valence electrons. The quantitative estimate of drug-likeness (QED) is 0.333. The summed E-state index contributed by atoms with van der Waals surface area (Å²) in [5, 5.41) is 0. The lowest BCUT2D eigenvalue weighted by atomic mass is 9.78. The van der Waals surface area contributed by atoms with Crippen LogP contribution in [-0.4, -0.2) is 37.2 Å². The van der Waals surface area contributed by atoms with Crippen molar-refractivity contribution in [2.24, 2.45) is 11.8 Å². The molecule has 2 fully saturated rings. The summed E-state index contributed by atoms with van der Waals surface area (Å²) in [6, 6.07) is 9.78. The minimum atomic E-state index is -0.797. The van der Waals surface area contributed by atoms with Crippen molar-refractivity contribution < 1.29 is 23.8 Å². The Kier molecular flexibility index (Phi) is 4.88. The van der Waals surface area contributed by atoms with Crippen molar-refractivity contribution in [3.8, 4) is 0 Å². The number of epoxide rings is 1. The Bertz CT molecular complexity index is 582. The van der Waals surface area contributed by atoms with E-state index in [1.807, 2.05) is 30.3 Å². The van der Waals surface area contributed by atoms with E-state index in [2.05, 4.69) is 6.58 Å². The fraction of sp³-hybridized carbons (Fsp3) is 0.444. The number of rotatable bonds is 7. The van der Waals surface area contributed by atoms with Gasteiger partial charge in [0.15, 0.2) is 5.78 Å². The Balaban J connectivity index is 1.59. The van der Waals surface area contributed by atoms with Crippen molar-refractivity contribution in [1.29, 1.82) is 0 Å². The van der Waals surface area contributed by atoms with E-state index in [4.69, 9.17) is 14.2 Å². The average Bonchev–Trinajstić information content (AvgIpc) is 3.34. The number of Topliss-reactive ketones (excluding diaryl/α,β-unsaturated/α-hetero) is 1. The van der Waals surface area contributed by atoms with Crippen LogP contribution in [0, 0.1) is 11.8 Å². The highest BCUT2D eigenvalue weighted by Gasteiger charge is 2.57. The number of ketones is 1. The molecule has 23 heavy (non-hydrogen) atoms. The molecule has 0 amide bonds. The minimum Gasteiger partial charge on any atom is -0.461 e. The molecule has 4 atom stereocenters. The van der Waals surface area contributed by atoms with Gasteiger partial charge in [0.25, 0.3) is 0 Å². The number of ether oxygens (including phenoxy) is 3. The van der Waals surface area contributed by atoms with Crippen LogP contribution in [0.1, 0.15) is 12.0 Å². The molecule has 1 saturated carbocycles. The zero-order chi connectivity index (χ0) is 16.2. The Labute approximate surface area is 135 Å². The van der Waals surface area contributed by atoms with Crippen LogP contribution in [0.3, 0.4) is 0 Å². The predicted octanol–water partition coefficient (Wildman–Crippen LogP) is 1.90. The molecule has 1 aliphatic carbocycles. The lowest BCUT2D eigenvalue weighted by Gasteiger charge is -2.26. The van der Waals surface area contributed by atoms with Crippen molar-refractivity contribution >= 4 is 11.8 Å². The number of benzene rings is 1. The molecule has 0 N–H and O–H groups in total. The third-order valence-corrected chi connectivity index (χ3v) is 4.22. The first-order valence-electron chi connectivity index (χ1n) is 7.79. The van der Waals surface area contributed by atoms with Crippen LogP contribution in [-0.2, 0) is 30.4 Å². The van der Waals surface area contributed by atoms with Gasteiger partial charge in [-0.05, 0) is 12.0 Å². The molecule has 5 heteroatoms. The Morgan fingerprint density at radius 1 is 1.35 bits per heavy atom. The van der Waals surface area contributed by atoms with Gasteiger partial charge in [-0.15, -0.1) is 0 Å². The van der Waals surface area contributed by atoms with E-state index >= 15 is 0 Å². The number of hydrogen-bond acceptors (Lipinski definition) is 5. The summed E-state index contributed by atoms with van der Waals surface area (Å²) in [6.07, 6.45) is 1.65. The summed E-state index contributed by atoms with van der Waals surface area (Å²) in [5.74, 6) is -1.68. The maximum Gasteiger partial charge on any atom is 0.317 e. The number of carbonyl (C=O) groups excluding carboxylic acids is 2. The van der Waals surface area contributed by atoms with E-state index in [-0.39, 0.29) is 24.4 Å². The molecule has 5 nitrogen and oxygen atoms in total. The second-order valence-corrected chi connectivity index (χ2v) is 5.89. The van der Waals surface area contributed by atoms with Gasteiger partial charge in [-0.1, -0.05) is 43.0 Å². The normalized spacial score (nSPS) is 28.8. The van der Waals surface area contributed by atoms with Gasteiger partial charge in [-0.25, -0.2) is 0 Å². The van der Waals surface area contributed by atoms with Gasteiger partial charge >= 0.3 is 5.97 Å².